The van der Waals surface area contributed by atoms with Crippen LogP contribution in [0.1, 0.15) is 6.42 Å². The van der Waals surface area contributed by atoms with E-state index in [9.17, 15) is 13.2 Å². The fraction of sp³-hybridized carbons (Fsp3) is 0.667. The van der Waals surface area contributed by atoms with Gasteiger partial charge in [0.05, 0.1) is 0 Å². The Morgan fingerprint density at radius 3 is 1.60 bits per heavy atom. The Balaban J connectivity index is -0.000000107. The van der Waals surface area contributed by atoms with Crippen LogP contribution in [-0.4, -0.2) is 11.1 Å². The first-order valence-corrected chi connectivity index (χ1v) is 2.57. The van der Waals surface area contributed by atoms with Crippen LogP contribution in [0.4, 0.5) is 13.2 Å². The van der Waals surface area contributed by atoms with Crippen molar-refractivity contribution in [1.29, 1.82) is 0 Å². The minimum atomic E-state index is -4.07. The van der Waals surface area contributed by atoms with Crippen LogP contribution >= 0.6 is 8.69 Å². The molecule has 0 atom stereocenters. The van der Waals surface area contributed by atoms with Gasteiger partial charge >= 0.3 is 44.4 Å². The molecule has 7 heteroatoms. The van der Waals surface area contributed by atoms with E-state index in [0.717, 1.165) is 0 Å². The third kappa shape index (κ3) is 36.8. The second-order valence-electron chi connectivity index (χ2n) is 0.947. The third-order valence-corrected chi connectivity index (χ3v) is 0.283. The summed E-state index contributed by atoms with van der Waals surface area (Å²) in [7, 11) is -0.833. The third-order valence-electron chi connectivity index (χ3n) is 0.283. The van der Waals surface area contributed by atoms with Crippen molar-refractivity contribution in [2.75, 3.05) is 0 Å². The van der Waals surface area contributed by atoms with Crippen LogP contribution in [0.25, 0.3) is 0 Å². The van der Waals surface area contributed by atoms with Crippen LogP contribution in [0, 0.1) is 6.92 Å². The molecular formula is C3H5F3NaO2P. The van der Waals surface area contributed by atoms with E-state index in [1.165, 1.54) is 0 Å². The van der Waals surface area contributed by atoms with E-state index in [2.05, 4.69) is 6.92 Å². The molecule has 0 amide bonds. The van der Waals surface area contributed by atoms with Gasteiger partial charge in [0.25, 0.3) is 0 Å². The molecular weight excluding hydrogens is 179 g/mol. The van der Waals surface area contributed by atoms with Gasteiger partial charge in [0.2, 0.25) is 0 Å². The van der Waals surface area contributed by atoms with Gasteiger partial charge in [-0.05, 0) is 0 Å². The van der Waals surface area contributed by atoms with E-state index in [4.69, 9.17) is 9.46 Å². The maximum Gasteiger partial charge on any atom is 1.00 e. The topological polar surface area (TPSA) is 37.3 Å². The molecule has 0 aromatic rings. The predicted molar refractivity (Wildman–Crippen MR) is 25.9 cm³/mol. The first-order chi connectivity index (χ1) is 3.97. The van der Waals surface area contributed by atoms with Gasteiger partial charge in [-0.2, -0.15) is 13.2 Å². The average Bonchev–Trinajstić information content (AvgIpc) is 1.67. The molecule has 0 aromatic carbocycles. The quantitative estimate of drug-likeness (QED) is 0.296. The molecule has 1 N–H and O–H groups in total. The molecule has 0 bridgehead atoms. The van der Waals surface area contributed by atoms with Gasteiger partial charge in [0.1, 0.15) is 0 Å². The fourth-order valence-electron chi connectivity index (χ4n) is 0. The maximum atomic E-state index is 10.7. The summed E-state index contributed by atoms with van der Waals surface area (Å²) in [4.78, 5) is 6.99. The molecule has 0 saturated carbocycles. The van der Waals surface area contributed by atoms with Crippen LogP contribution in [0.15, 0.2) is 0 Å². The number of halogens is 3. The number of alkyl halides is 3. The molecule has 0 heterocycles. The van der Waals surface area contributed by atoms with Crippen molar-refractivity contribution in [2.24, 2.45) is 0 Å². The van der Waals surface area contributed by atoms with E-state index < -0.39 is 21.3 Å². The molecule has 0 fully saturated rings. The molecule has 0 aliphatic carbocycles. The van der Waals surface area contributed by atoms with Crippen molar-refractivity contribution in [3.63, 3.8) is 0 Å². The molecule has 0 aromatic heterocycles. The first-order valence-electron chi connectivity index (χ1n) is 1.80. The zero-order valence-corrected chi connectivity index (χ0v) is 8.25. The van der Waals surface area contributed by atoms with Gasteiger partial charge < -0.3 is 11.8 Å². The van der Waals surface area contributed by atoms with Gasteiger partial charge in [-0.25, -0.2) is 4.57 Å². The molecule has 10 heavy (non-hydrogen) atoms. The predicted octanol–water partition coefficient (Wildman–Crippen LogP) is -1.04. The standard InChI is InChI=1S/C3H4F3.Na.HO2P/c1-2-3(4,5)6;;1-3-2/h1-2H2;;(H,1,2)/q-1;+1;. The molecule has 2 nitrogen and oxygen atoms in total. The van der Waals surface area contributed by atoms with E-state index in [1.807, 2.05) is 0 Å². The van der Waals surface area contributed by atoms with E-state index in [1.54, 1.807) is 0 Å². The summed E-state index contributed by atoms with van der Waals surface area (Å²) in [5, 5.41) is 0. The molecule has 0 spiro atoms. The van der Waals surface area contributed by atoms with Crippen molar-refractivity contribution in [3.05, 3.63) is 6.92 Å². The Morgan fingerprint density at radius 2 is 1.60 bits per heavy atom. The Kier molecular flexibility index (Phi) is 16.8. The van der Waals surface area contributed by atoms with Gasteiger partial charge in [-0.1, -0.05) is 6.42 Å². The summed E-state index contributed by atoms with van der Waals surface area (Å²) in [5.74, 6) is 0. The Morgan fingerprint density at radius 1 is 1.50 bits per heavy atom. The minimum absolute atomic E-state index is 0. The zero-order chi connectivity index (χ0) is 7.91. The van der Waals surface area contributed by atoms with E-state index >= 15 is 0 Å². The summed E-state index contributed by atoms with van der Waals surface area (Å²) in [5.41, 5.74) is 0. The smallest absolute Gasteiger partial charge is 0.335 e. The van der Waals surface area contributed by atoms with Crippen LogP contribution in [0.5, 0.6) is 0 Å². The van der Waals surface area contributed by atoms with Gasteiger partial charge in [-0.3, -0.25) is 0 Å². The molecule has 0 rings (SSSR count). The molecule has 0 aliphatic heterocycles. The van der Waals surface area contributed by atoms with Crippen LogP contribution in [0.2, 0.25) is 0 Å². The van der Waals surface area contributed by atoms with E-state index in [-0.39, 0.29) is 29.6 Å². The van der Waals surface area contributed by atoms with Crippen molar-refractivity contribution < 1.29 is 52.2 Å². The second-order valence-corrected chi connectivity index (χ2v) is 1.11. The van der Waals surface area contributed by atoms with Gasteiger partial charge in [0.15, 0.2) is 0 Å². The van der Waals surface area contributed by atoms with Crippen LogP contribution in [-0.2, 0) is 4.57 Å². The second kappa shape index (κ2) is 9.85. The van der Waals surface area contributed by atoms with Crippen molar-refractivity contribution in [1.82, 2.24) is 0 Å². The summed E-state index contributed by atoms with van der Waals surface area (Å²) >= 11 is 0. The van der Waals surface area contributed by atoms with Gasteiger partial charge in [-0.15, -0.1) is 0 Å². The largest absolute Gasteiger partial charge is 1.00 e. The zero-order valence-electron chi connectivity index (χ0n) is 5.35. The van der Waals surface area contributed by atoms with Crippen molar-refractivity contribution in [2.45, 2.75) is 12.6 Å². The van der Waals surface area contributed by atoms with Crippen LogP contribution in [0.3, 0.4) is 0 Å². The normalized spacial score (nSPS) is 9.30. The minimum Gasteiger partial charge on any atom is -0.335 e. The molecule has 0 radical (unpaired) electrons. The van der Waals surface area contributed by atoms with Gasteiger partial charge in [0, 0.05) is 0 Å². The molecule has 0 aliphatic rings. The van der Waals surface area contributed by atoms with E-state index in [0.29, 0.717) is 0 Å². The number of rotatable bonds is 0. The summed E-state index contributed by atoms with van der Waals surface area (Å²) in [6.07, 6.45) is -5.05. The van der Waals surface area contributed by atoms with Crippen molar-refractivity contribution >= 4 is 8.69 Å². The Labute approximate surface area is 80.4 Å². The SMILES string of the molecule is O=PO.[CH2-]CC(F)(F)F.[Na+]. The number of hydrogen-bond acceptors (Lipinski definition) is 1. The Bertz CT molecular complexity index is 76.6. The fourth-order valence-corrected chi connectivity index (χ4v) is 0. The molecule has 0 saturated heterocycles. The molecule has 0 unspecified atom stereocenters. The average molecular weight is 184 g/mol. The first kappa shape index (κ1) is 17.1. The Hall–Kier alpha value is 0.850. The monoisotopic (exact) mass is 184 g/mol. The van der Waals surface area contributed by atoms with Crippen LogP contribution < -0.4 is 29.6 Å². The van der Waals surface area contributed by atoms with Crippen molar-refractivity contribution in [3.8, 4) is 0 Å². The summed E-state index contributed by atoms with van der Waals surface area (Å²) in [6.45, 7) is 2.63. The number of hydrogen-bond donors (Lipinski definition) is 1. The summed E-state index contributed by atoms with van der Waals surface area (Å²) in [6, 6.07) is 0. The summed E-state index contributed by atoms with van der Waals surface area (Å²) < 4.78 is 40.6. The molecule has 56 valence electrons. The maximum absolute atomic E-state index is 10.7.